The van der Waals surface area contributed by atoms with Gasteiger partial charge in [0.05, 0.1) is 0 Å². The van der Waals surface area contributed by atoms with Crippen LogP contribution in [0.1, 0.15) is 55.8 Å². The topological polar surface area (TPSA) is 47.9 Å². The number of aliphatic imine (C=N–C) groups is 1. The first-order chi connectivity index (χ1) is 13.5. The highest BCUT2D eigenvalue weighted by Crippen LogP contribution is 2.37. The van der Waals surface area contributed by atoms with Crippen LogP contribution in [0.25, 0.3) is 0 Å². The fraction of sp³-hybridized carbons (Fsp3) is 0.458. The third kappa shape index (κ3) is 3.85. The fourth-order valence-corrected chi connectivity index (χ4v) is 4.47. The lowest BCUT2D eigenvalue weighted by Gasteiger charge is -2.46. The van der Waals surface area contributed by atoms with E-state index in [0.29, 0.717) is 11.8 Å². The summed E-state index contributed by atoms with van der Waals surface area (Å²) in [5, 5.41) is 14.3. The molecule has 2 heterocycles. The summed E-state index contributed by atoms with van der Waals surface area (Å²) < 4.78 is 0. The van der Waals surface area contributed by atoms with Crippen molar-refractivity contribution in [3.8, 4) is 5.75 Å². The van der Waals surface area contributed by atoms with Crippen LogP contribution < -0.4 is 5.32 Å². The molecule has 2 aliphatic rings. The first kappa shape index (κ1) is 19.2. The number of rotatable bonds is 3. The number of likely N-dealkylation sites (tertiary alicyclic amines) is 1. The quantitative estimate of drug-likeness (QED) is 0.832. The molecule has 28 heavy (non-hydrogen) atoms. The zero-order valence-electron chi connectivity index (χ0n) is 17.2. The molecule has 1 fully saturated rings. The summed E-state index contributed by atoms with van der Waals surface area (Å²) in [6, 6.07) is 17.0. The van der Waals surface area contributed by atoms with Crippen molar-refractivity contribution < 1.29 is 5.11 Å². The van der Waals surface area contributed by atoms with Crippen molar-refractivity contribution in [2.45, 2.75) is 57.8 Å². The van der Waals surface area contributed by atoms with E-state index in [2.05, 4.69) is 55.3 Å². The second kappa shape index (κ2) is 7.69. The second-order valence-corrected chi connectivity index (χ2v) is 8.55. The first-order valence-electron chi connectivity index (χ1n) is 10.4. The molecule has 2 aromatic carbocycles. The van der Waals surface area contributed by atoms with Gasteiger partial charge in [0.25, 0.3) is 0 Å². The average molecular weight is 378 g/mol. The fourth-order valence-electron chi connectivity index (χ4n) is 4.47. The van der Waals surface area contributed by atoms with Gasteiger partial charge in [0.1, 0.15) is 11.4 Å². The van der Waals surface area contributed by atoms with Crippen molar-refractivity contribution in [1.82, 2.24) is 10.2 Å². The minimum absolute atomic E-state index is 0.0700. The summed E-state index contributed by atoms with van der Waals surface area (Å²) in [5.41, 5.74) is 4.31. The monoisotopic (exact) mass is 377 g/mol. The zero-order chi connectivity index (χ0) is 19.7. The molecular weight excluding hydrogens is 346 g/mol. The highest BCUT2D eigenvalue weighted by atomic mass is 16.3. The van der Waals surface area contributed by atoms with Gasteiger partial charge in [-0.3, -0.25) is 10.3 Å². The lowest BCUT2D eigenvalue weighted by Crippen LogP contribution is -2.56. The maximum atomic E-state index is 10.5. The van der Waals surface area contributed by atoms with Gasteiger partial charge in [-0.2, -0.15) is 0 Å². The number of benzene rings is 2. The smallest absolute Gasteiger partial charge is 0.120 e. The number of nitrogens with zero attached hydrogens (tertiary/aromatic N) is 2. The van der Waals surface area contributed by atoms with Crippen molar-refractivity contribution >= 4 is 5.71 Å². The average Bonchev–Trinajstić information content (AvgIpc) is 2.69. The van der Waals surface area contributed by atoms with Crippen LogP contribution in [-0.2, 0) is 0 Å². The van der Waals surface area contributed by atoms with E-state index < -0.39 is 0 Å². The van der Waals surface area contributed by atoms with E-state index in [1.54, 1.807) is 6.07 Å². The van der Waals surface area contributed by atoms with Gasteiger partial charge in [0.15, 0.2) is 0 Å². The Kier molecular flexibility index (Phi) is 5.26. The summed E-state index contributed by atoms with van der Waals surface area (Å²) in [6.07, 6.45) is 2.77. The van der Waals surface area contributed by atoms with Gasteiger partial charge < -0.3 is 10.0 Å². The minimum Gasteiger partial charge on any atom is -0.508 e. The van der Waals surface area contributed by atoms with E-state index in [1.807, 2.05) is 18.2 Å². The Hall–Kier alpha value is -2.17. The first-order valence-corrected chi connectivity index (χ1v) is 10.4. The van der Waals surface area contributed by atoms with E-state index in [4.69, 9.17) is 4.99 Å². The Morgan fingerprint density at radius 2 is 1.75 bits per heavy atom. The van der Waals surface area contributed by atoms with Gasteiger partial charge in [-0.25, -0.2) is 0 Å². The SMILES string of the molecule is Cc1ccc(C2=NC3(CCN(C(C)C)CC3)NC(c3ccccc3O)C2)cc1. The molecule has 148 valence electrons. The lowest BCUT2D eigenvalue weighted by atomic mass is 9.87. The molecule has 0 amide bonds. The number of aryl methyl sites for hydroxylation is 1. The Morgan fingerprint density at radius 3 is 2.39 bits per heavy atom. The molecule has 4 heteroatoms. The van der Waals surface area contributed by atoms with Crippen molar-refractivity contribution in [2.75, 3.05) is 13.1 Å². The van der Waals surface area contributed by atoms with Crippen LogP contribution >= 0.6 is 0 Å². The second-order valence-electron chi connectivity index (χ2n) is 8.55. The Balaban J connectivity index is 1.69. The number of piperidine rings is 1. The van der Waals surface area contributed by atoms with Crippen molar-refractivity contribution in [2.24, 2.45) is 4.99 Å². The van der Waals surface area contributed by atoms with Gasteiger partial charge in [-0.15, -0.1) is 0 Å². The van der Waals surface area contributed by atoms with E-state index >= 15 is 0 Å². The predicted octanol–water partition coefficient (Wildman–Crippen LogP) is 4.42. The highest BCUT2D eigenvalue weighted by Gasteiger charge is 2.40. The van der Waals surface area contributed by atoms with Crippen LogP contribution in [0.15, 0.2) is 53.5 Å². The highest BCUT2D eigenvalue weighted by molar-refractivity contribution is 6.01. The summed E-state index contributed by atoms with van der Waals surface area (Å²) >= 11 is 0. The molecule has 0 radical (unpaired) electrons. The maximum absolute atomic E-state index is 10.5. The van der Waals surface area contributed by atoms with E-state index in [1.165, 1.54) is 11.1 Å². The number of para-hydroxylation sites is 1. The zero-order valence-corrected chi connectivity index (χ0v) is 17.2. The largest absolute Gasteiger partial charge is 0.508 e. The Morgan fingerprint density at radius 1 is 1.07 bits per heavy atom. The van der Waals surface area contributed by atoms with Gasteiger partial charge in [-0.05, 0) is 45.2 Å². The molecule has 1 unspecified atom stereocenters. The molecule has 2 aliphatic heterocycles. The van der Waals surface area contributed by atoms with Gasteiger partial charge in [-0.1, -0.05) is 48.0 Å². The normalized spacial score (nSPS) is 22.4. The molecule has 0 aromatic heterocycles. The molecule has 1 spiro atoms. The van der Waals surface area contributed by atoms with E-state index in [-0.39, 0.29) is 11.7 Å². The number of hydrogen-bond acceptors (Lipinski definition) is 4. The third-order valence-corrected chi connectivity index (χ3v) is 6.24. The van der Waals surface area contributed by atoms with Gasteiger partial charge >= 0.3 is 0 Å². The van der Waals surface area contributed by atoms with Gasteiger partial charge in [0.2, 0.25) is 0 Å². The summed E-state index contributed by atoms with van der Waals surface area (Å²) in [7, 11) is 0. The summed E-state index contributed by atoms with van der Waals surface area (Å²) in [4.78, 5) is 7.79. The number of aromatic hydroxyl groups is 1. The molecule has 0 bridgehead atoms. The van der Waals surface area contributed by atoms with Crippen LogP contribution in [0.4, 0.5) is 0 Å². The molecule has 2 aromatic rings. The van der Waals surface area contributed by atoms with E-state index in [9.17, 15) is 5.11 Å². The number of phenolic OH excluding ortho intramolecular Hbond substituents is 1. The molecule has 0 aliphatic carbocycles. The predicted molar refractivity (Wildman–Crippen MR) is 115 cm³/mol. The summed E-state index contributed by atoms with van der Waals surface area (Å²) in [5.74, 6) is 0.361. The molecule has 0 saturated carbocycles. The number of hydrogen-bond donors (Lipinski definition) is 2. The van der Waals surface area contributed by atoms with Crippen molar-refractivity contribution in [3.63, 3.8) is 0 Å². The van der Waals surface area contributed by atoms with E-state index in [0.717, 1.165) is 43.6 Å². The number of nitrogens with one attached hydrogen (secondary N) is 1. The van der Waals surface area contributed by atoms with Crippen LogP contribution in [0, 0.1) is 6.92 Å². The molecule has 4 nitrogen and oxygen atoms in total. The molecule has 1 atom stereocenters. The minimum atomic E-state index is -0.253. The lowest BCUT2D eigenvalue weighted by molar-refractivity contribution is 0.103. The number of phenols is 1. The molecule has 1 saturated heterocycles. The Bertz CT molecular complexity index is 848. The standard InChI is InChI=1S/C24H31N3O/c1-17(2)27-14-12-24(13-15-27)25-21(19-10-8-18(3)9-11-19)16-22(26-24)20-6-4-5-7-23(20)28/h4-11,17,22,26,28H,12-16H2,1-3H3. The Labute approximate surface area is 168 Å². The molecule has 2 N–H and O–H groups in total. The van der Waals surface area contributed by atoms with Crippen LogP contribution in [0.5, 0.6) is 5.75 Å². The summed E-state index contributed by atoms with van der Waals surface area (Å²) in [6.45, 7) is 8.73. The van der Waals surface area contributed by atoms with Crippen molar-refractivity contribution in [1.29, 1.82) is 0 Å². The third-order valence-electron chi connectivity index (χ3n) is 6.24. The van der Waals surface area contributed by atoms with Crippen LogP contribution in [-0.4, -0.2) is 40.5 Å². The van der Waals surface area contributed by atoms with Gasteiger partial charge in [0, 0.05) is 42.9 Å². The molecule has 4 rings (SSSR count). The van der Waals surface area contributed by atoms with Crippen LogP contribution in [0.2, 0.25) is 0 Å². The van der Waals surface area contributed by atoms with Crippen molar-refractivity contribution in [3.05, 3.63) is 65.2 Å². The molecular formula is C24H31N3O. The van der Waals surface area contributed by atoms with Crippen LogP contribution in [0.3, 0.4) is 0 Å². The maximum Gasteiger partial charge on any atom is 0.120 e.